The molecule has 2 aliphatic rings. The Morgan fingerprint density at radius 3 is 2.57 bits per heavy atom. The van der Waals surface area contributed by atoms with Crippen LogP contribution in [0.2, 0.25) is 0 Å². The number of carbonyl (C=O) groups is 2. The zero-order chi connectivity index (χ0) is 21.4. The molecule has 1 aliphatic carbocycles. The van der Waals surface area contributed by atoms with Crippen molar-refractivity contribution in [3.05, 3.63) is 60.4 Å². The summed E-state index contributed by atoms with van der Waals surface area (Å²) in [5.74, 6) is -0.779. The summed E-state index contributed by atoms with van der Waals surface area (Å²) in [5.41, 5.74) is 0.390. The third-order valence-electron chi connectivity index (χ3n) is 6.01. The van der Waals surface area contributed by atoms with Crippen LogP contribution in [0.5, 0.6) is 0 Å². The van der Waals surface area contributed by atoms with Gasteiger partial charge in [0.2, 0.25) is 21.8 Å². The van der Waals surface area contributed by atoms with Crippen molar-refractivity contribution in [2.75, 3.05) is 13.6 Å². The van der Waals surface area contributed by atoms with E-state index in [1.807, 2.05) is 6.07 Å². The molecular weight excluding hydrogens is 404 g/mol. The lowest BCUT2D eigenvalue weighted by Crippen LogP contribution is -2.44. The van der Waals surface area contributed by atoms with Crippen LogP contribution in [0.25, 0.3) is 0 Å². The van der Waals surface area contributed by atoms with Crippen molar-refractivity contribution in [2.24, 2.45) is 11.3 Å². The van der Waals surface area contributed by atoms with E-state index in [2.05, 4.69) is 15.6 Å². The Balaban J connectivity index is 1.51. The fraction of sp³-hybridized carbons (Fsp3) is 0.381. The predicted molar refractivity (Wildman–Crippen MR) is 109 cm³/mol. The summed E-state index contributed by atoms with van der Waals surface area (Å²) >= 11 is 0. The number of hydrogen-bond acceptors (Lipinski definition) is 5. The summed E-state index contributed by atoms with van der Waals surface area (Å²) in [5, 5.41) is 5.47. The van der Waals surface area contributed by atoms with Crippen molar-refractivity contribution in [1.82, 2.24) is 19.9 Å². The van der Waals surface area contributed by atoms with Gasteiger partial charge in [0.25, 0.3) is 0 Å². The zero-order valence-electron chi connectivity index (χ0n) is 16.6. The van der Waals surface area contributed by atoms with Gasteiger partial charge in [0.05, 0.1) is 4.90 Å². The van der Waals surface area contributed by atoms with Gasteiger partial charge < -0.3 is 10.6 Å². The lowest BCUT2D eigenvalue weighted by atomic mass is 9.99. The molecule has 158 valence electrons. The third-order valence-corrected chi connectivity index (χ3v) is 7.88. The van der Waals surface area contributed by atoms with Crippen molar-refractivity contribution in [1.29, 1.82) is 0 Å². The smallest absolute Gasteiger partial charge is 0.243 e. The molecule has 2 heterocycles. The molecule has 1 aromatic carbocycles. The molecule has 0 unspecified atom stereocenters. The van der Waals surface area contributed by atoms with Crippen LogP contribution in [-0.2, 0) is 26.2 Å². The standard InChI is InChI=1S/C21H24N4O4S/c1-22-20(27)18-11-21(14-25(18)30(28,29)16-7-3-2-4-8-16)10-17(21)19(26)24-13-15-6-5-9-23-12-15/h2-9,12,17-18H,10-11,13-14H2,1H3,(H,22,27)(H,24,26)/t17-,18+,21+/m1/s1. The number of likely N-dealkylation sites (N-methyl/N-ethyl adjacent to an activating group) is 1. The van der Waals surface area contributed by atoms with Gasteiger partial charge in [-0.2, -0.15) is 4.31 Å². The quantitative estimate of drug-likeness (QED) is 0.711. The first-order valence-corrected chi connectivity index (χ1v) is 11.3. The molecule has 9 heteroatoms. The fourth-order valence-corrected chi connectivity index (χ4v) is 5.98. The number of pyridine rings is 1. The number of nitrogens with one attached hydrogen (secondary N) is 2. The lowest BCUT2D eigenvalue weighted by Gasteiger charge is -2.22. The Labute approximate surface area is 175 Å². The second-order valence-corrected chi connectivity index (χ2v) is 9.79. The largest absolute Gasteiger partial charge is 0.358 e. The van der Waals surface area contributed by atoms with Gasteiger partial charge >= 0.3 is 0 Å². The summed E-state index contributed by atoms with van der Waals surface area (Å²) in [4.78, 5) is 29.4. The van der Waals surface area contributed by atoms with Gasteiger partial charge in [-0.05, 0) is 42.0 Å². The molecule has 2 fully saturated rings. The summed E-state index contributed by atoms with van der Waals surface area (Å²) in [6, 6.07) is 10.9. The highest BCUT2D eigenvalue weighted by Gasteiger charge is 2.65. The van der Waals surface area contributed by atoms with Crippen LogP contribution < -0.4 is 10.6 Å². The minimum Gasteiger partial charge on any atom is -0.358 e. The summed E-state index contributed by atoms with van der Waals surface area (Å²) in [7, 11) is -2.35. The van der Waals surface area contributed by atoms with Gasteiger partial charge in [0.15, 0.2) is 0 Å². The highest BCUT2D eigenvalue weighted by Crippen LogP contribution is 2.61. The van der Waals surface area contributed by atoms with Crippen molar-refractivity contribution >= 4 is 21.8 Å². The Kier molecular flexibility index (Phi) is 5.33. The Morgan fingerprint density at radius 2 is 1.90 bits per heavy atom. The van der Waals surface area contributed by atoms with Gasteiger partial charge in [-0.1, -0.05) is 24.3 Å². The average Bonchev–Trinajstić information content (AvgIpc) is 3.33. The maximum atomic E-state index is 13.2. The molecule has 30 heavy (non-hydrogen) atoms. The molecule has 2 aromatic rings. The molecular formula is C21H24N4O4S. The van der Waals surface area contributed by atoms with E-state index in [0.29, 0.717) is 19.4 Å². The monoisotopic (exact) mass is 428 g/mol. The van der Waals surface area contributed by atoms with Gasteiger partial charge in [0, 0.05) is 38.4 Å². The first-order valence-electron chi connectivity index (χ1n) is 9.82. The molecule has 3 atom stereocenters. The molecule has 4 rings (SSSR count). The first-order chi connectivity index (χ1) is 14.4. The van der Waals surface area contributed by atoms with Gasteiger partial charge in [-0.3, -0.25) is 14.6 Å². The minimum atomic E-state index is -3.85. The second kappa shape index (κ2) is 7.81. The minimum absolute atomic E-state index is 0.117. The van der Waals surface area contributed by atoms with Gasteiger partial charge in [-0.25, -0.2) is 8.42 Å². The summed E-state index contributed by atoms with van der Waals surface area (Å²) in [6.45, 7) is 0.525. The van der Waals surface area contributed by atoms with E-state index in [9.17, 15) is 18.0 Å². The maximum Gasteiger partial charge on any atom is 0.243 e. The second-order valence-electron chi connectivity index (χ2n) is 7.90. The third kappa shape index (κ3) is 3.70. The molecule has 1 saturated heterocycles. The zero-order valence-corrected chi connectivity index (χ0v) is 17.4. The molecule has 2 amide bonds. The molecule has 1 spiro atoms. The number of hydrogen-bond donors (Lipinski definition) is 2. The van der Waals surface area contributed by atoms with E-state index >= 15 is 0 Å². The van der Waals surface area contributed by atoms with Crippen LogP contribution in [0.4, 0.5) is 0 Å². The number of nitrogens with zero attached hydrogens (tertiary/aromatic N) is 2. The number of amides is 2. The van der Waals surface area contributed by atoms with Crippen LogP contribution >= 0.6 is 0 Å². The number of benzene rings is 1. The first kappa shape index (κ1) is 20.5. The average molecular weight is 429 g/mol. The Bertz CT molecular complexity index is 1050. The van der Waals surface area contributed by atoms with E-state index in [-0.39, 0.29) is 29.2 Å². The van der Waals surface area contributed by atoms with Crippen LogP contribution in [-0.4, -0.2) is 49.2 Å². The van der Waals surface area contributed by atoms with Crippen LogP contribution in [0.1, 0.15) is 18.4 Å². The van der Waals surface area contributed by atoms with E-state index in [1.54, 1.807) is 36.7 Å². The van der Waals surface area contributed by atoms with Crippen molar-refractivity contribution < 1.29 is 18.0 Å². The number of aromatic nitrogens is 1. The van der Waals surface area contributed by atoms with E-state index < -0.39 is 21.5 Å². The van der Waals surface area contributed by atoms with Gasteiger partial charge in [-0.15, -0.1) is 0 Å². The predicted octanol–water partition coefficient (Wildman–Crippen LogP) is 0.913. The molecule has 8 nitrogen and oxygen atoms in total. The highest BCUT2D eigenvalue weighted by molar-refractivity contribution is 7.89. The number of carbonyl (C=O) groups excluding carboxylic acids is 2. The lowest BCUT2D eigenvalue weighted by molar-refractivity contribution is -0.124. The molecule has 0 radical (unpaired) electrons. The topological polar surface area (TPSA) is 108 Å². The molecule has 1 aliphatic heterocycles. The van der Waals surface area contributed by atoms with Crippen LogP contribution in [0, 0.1) is 11.3 Å². The van der Waals surface area contributed by atoms with E-state index in [4.69, 9.17) is 0 Å². The van der Waals surface area contributed by atoms with E-state index in [0.717, 1.165) is 5.56 Å². The molecule has 1 saturated carbocycles. The van der Waals surface area contributed by atoms with Crippen molar-refractivity contribution in [2.45, 2.75) is 30.3 Å². The normalized spacial score (nSPS) is 25.8. The van der Waals surface area contributed by atoms with Crippen molar-refractivity contribution in [3.63, 3.8) is 0 Å². The SMILES string of the molecule is CNC(=O)[C@@H]1C[C@@]2(C[C@@H]2C(=O)NCc2cccnc2)CN1S(=O)(=O)c1ccccc1. The van der Waals surface area contributed by atoms with E-state index in [1.165, 1.54) is 23.5 Å². The van der Waals surface area contributed by atoms with Crippen molar-refractivity contribution in [3.8, 4) is 0 Å². The number of rotatable bonds is 6. The Morgan fingerprint density at radius 1 is 1.13 bits per heavy atom. The number of sulfonamides is 1. The summed E-state index contributed by atoms with van der Waals surface area (Å²) < 4.78 is 27.7. The Hall–Kier alpha value is -2.78. The molecule has 1 aromatic heterocycles. The maximum absolute atomic E-state index is 13.2. The molecule has 0 bridgehead atoms. The van der Waals surface area contributed by atoms with Gasteiger partial charge in [0.1, 0.15) is 6.04 Å². The van der Waals surface area contributed by atoms with Crippen LogP contribution in [0.3, 0.4) is 0 Å². The molecule has 2 N–H and O–H groups in total. The highest BCUT2D eigenvalue weighted by atomic mass is 32.2. The fourth-order valence-electron chi connectivity index (χ4n) is 4.28. The summed E-state index contributed by atoms with van der Waals surface area (Å²) in [6.07, 6.45) is 4.26. The van der Waals surface area contributed by atoms with Crippen LogP contribution in [0.15, 0.2) is 59.8 Å².